The smallest absolute Gasteiger partial charge is 0.311 e. The second-order valence-corrected chi connectivity index (χ2v) is 15.6. The zero-order valence-corrected chi connectivity index (χ0v) is 28.7. The third-order valence-corrected chi connectivity index (χ3v) is 10.8. The third-order valence-electron chi connectivity index (χ3n) is 9.08. The molecule has 260 valence electrons. The Kier molecular flexibility index (Phi) is 14.3. The SMILES string of the molecule is CCC(C)(CC(CC(C)(CC(C)(C)C(=O)OCC1CO1)C(=O)OC)C(=O)OCCO)C(=O)NCOS(=O)(=O)C1CCC(C)CC1. The molecule has 1 saturated heterocycles. The Balaban J connectivity index is 2.21. The topological polar surface area (TPSA) is 184 Å². The van der Waals surface area contributed by atoms with Crippen molar-refractivity contribution in [2.75, 3.05) is 40.3 Å². The fraction of sp³-hybridized carbons (Fsp3) is 0.871. The Morgan fingerprint density at radius 1 is 0.978 bits per heavy atom. The van der Waals surface area contributed by atoms with Crippen LogP contribution in [0.15, 0.2) is 0 Å². The van der Waals surface area contributed by atoms with E-state index in [0.29, 0.717) is 25.4 Å². The fourth-order valence-electron chi connectivity index (χ4n) is 6.04. The molecule has 0 radical (unpaired) electrons. The number of methoxy groups -OCH3 is 1. The van der Waals surface area contributed by atoms with Crippen molar-refractivity contribution in [2.45, 2.75) is 104 Å². The maximum atomic E-state index is 13.4. The van der Waals surface area contributed by atoms with Crippen molar-refractivity contribution in [3.8, 4) is 0 Å². The summed E-state index contributed by atoms with van der Waals surface area (Å²) in [5.74, 6) is -3.04. The fourth-order valence-corrected chi connectivity index (χ4v) is 7.31. The summed E-state index contributed by atoms with van der Waals surface area (Å²) in [6, 6.07) is 0. The first-order chi connectivity index (χ1) is 20.9. The van der Waals surface area contributed by atoms with E-state index in [9.17, 15) is 32.7 Å². The zero-order valence-electron chi connectivity index (χ0n) is 27.8. The molecule has 2 rings (SSSR count). The van der Waals surface area contributed by atoms with E-state index in [-0.39, 0.29) is 45.0 Å². The van der Waals surface area contributed by atoms with Gasteiger partial charge < -0.3 is 29.4 Å². The van der Waals surface area contributed by atoms with Gasteiger partial charge in [0.25, 0.3) is 10.1 Å². The van der Waals surface area contributed by atoms with Crippen LogP contribution in [0.1, 0.15) is 92.9 Å². The van der Waals surface area contributed by atoms with Gasteiger partial charge in [0.2, 0.25) is 5.91 Å². The van der Waals surface area contributed by atoms with Crippen LogP contribution >= 0.6 is 0 Å². The lowest BCUT2D eigenvalue weighted by atomic mass is 9.67. The minimum Gasteiger partial charge on any atom is -0.469 e. The van der Waals surface area contributed by atoms with Crippen molar-refractivity contribution in [3.63, 3.8) is 0 Å². The monoisotopic (exact) mass is 663 g/mol. The van der Waals surface area contributed by atoms with Crippen LogP contribution in [-0.4, -0.2) is 89.0 Å². The van der Waals surface area contributed by atoms with Gasteiger partial charge in [-0.05, 0) is 78.1 Å². The number of aliphatic hydroxyl groups excluding tert-OH is 1. The lowest BCUT2D eigenvalue weighted by Gasteiger charge is -2.38. The molecule has 14 heteroatoms. The average molecular weight is 664 g/mol. The minimum absolute atomic E-state index is 0.0402. The van der Waals surface area contributed by atoms with Gasteiger partial charge in [0.05, 0.1) is 42.3 Å². The third kappa shape index (κ3) is 11.5. The maximum absolute atomic E-state index is 13.4. The van der Waals surface area contributed by atoms with Crippen LogP contribution in [0.3, 0.4) is 0 Å². The molecular weight excluding hydrogens is 610 g/mol. The first kappa shape index (κ1) is 38.9. The number of amides is 1. The largest absolute Gasteiger partial charge is 0.469 e. The van der Waals surface area contributed by atoms with E-state index in [2.05, 4.69) is 12.2 Å². The van der Waals surface area contributed by atoms with Gasteiger partial charge >= 0.3 is 17.9 Å². The first-order valence-electron chi connectivity index (χ1n) is 15.7. The van der Waals surface area contributed by atoms with Crippen LogP contribution < -0.4 is 5.32 Å². The van der Waals surface area contributed by atoms with E-state index in [1.165, 1.54) is 7.11 Å². The Bertz CT molecular complexity index is 1130. The van der Waals surface area contributed by atoms with Gasteiger partial charge in [-0.2, -0.15) is 8.42 Å². The van der Waals surface area contributed by atoms with Crippen molar-refractivity contribution in [3.05, 3.63) is 0 Å². The van der Waals surface area contributed by atoms with Gasteiger partial charge in [-0.15, -0.1) is 0 Å². The number of carbonyl (C=O) groups is 4. The highest BCUT2D eigenvalue weighted by atomic mass is 32.2. The van der Waals surface area contributed by atoms with Crippen LogP contribution in [0.4, 0.5) is 0 Å². The lowest BCUT2D eigenvalue weighted by Crippen LogP contribution is -2.45. The molecule has 0 aromatic carbocycles. The number of epoxide rings is 1. The van der Waals surface area contributed by atoms with Crippen molar-refractivity contribution < 1.29 is 55.8 Å². The van der Waals surface area contributed by atoms with Crippen LogP contribution in [0, 0.1) is 28.1 Å². The Morgan fingerprint density at radius 2 is 1.58 bits per heavy atom. The van der Waals surface area contributed by atoms with Crippen molar-refractivity contribution >= 4 is 33.9 Å². The number of carbonyl (C=O) groups excluding carboxylic acids is 4. The summed E-state index contributed by atoms with van der Waals surface area (Å²) in [4.78, 5) is 52.9. The highest BCUT2D eigenvalue weighted by Crippen LogP contribution is 2.44. The Morgan fingerprint density at radius 3 is 2.11 bits per heavy atom. The number of rotatable bonds is 19. The molecule has 4 unspecified atom stereocenters. The van der Waals surface area contributed by atoms with Gasteiger partial charge in [-0.25, -0.2) is 4.18 Å². The molecule has 0 aromatic heterocycles. The summed E-state index contributed by atoms with van der Waals surface area (Å²) < 4.78 is 51.4. The molecule has 1 saturated carbocycles. The summed E-state index contributed by atoms with van der Waals surface area (Å²) in [6.45, 7) is 9.66. The second-order valence-electron chi connectivity index (χ2n) is 13.7. The summed E-state index contributed by atoms with van der Waals surface area (Å²) in [7, 11) is -2.67. The average Bonchev–Trinajstić information content (AvgIpc) is 3.82. The molecule has 2 fully saturated rings. The number of esters is 3. The number of nitrogens with one attached hydrogen (secondary N) is 1. The molecule has 0 bridgehead atoms. The van der Waals surface area contributed by atoms with E-state index in [1.54, 1.807) is 34.6 Å². The van der Waals surface area contributed by atoms with Crippen LogP contribution in [0.25, 0.3) is 0 Å². The number of aliphatic hydroxyl groups is 1. The Labute approximate surface area is 267 Å². The summed E-state index contributed by atoms with van der Waals surface area (Å²) in [6.07, 6.45) is 2.45. The van der Waals surface area contributed by atoms with E-state index < -0.39 is 74.7 Å². The van der Waals surface area contributed by atoms with Crippen molar-refractivity contribution in [1.29, 1.82) is 0 Å². The number of hydrogen-bond acceptors (Lipinski definition) is 12. The van der Waals surface area contributed by atoms with E-state index >= 15 is 0 Å². The van der Waals surface area contributed by atoms with E-state index in [1.807, 2.05) is 0 Å². The summed E-state index contributed by atoms with van der Waals surface area (Å²) >= 11 is 0. The van der Waals surface area contributed by atoms with Crippen LogP contribution in [0.5, 0.6) is 0 Å². The van der Waals surface area contributed by atoms with Crippen LogP contribution in [0.2, 0.25) is 0 Å². The number of hydrogen-bond donors (Lipinski definition) is 2. The van der Waals surface area contributed by atoms with Gasteiger partial charge in [0, 0.05) is 5.41 Å². The minimum atomic E-state index is -3.88. The van der Waals surface area contributed by atoms with Crippen molar-refractivity contribution in [2.24, 2.45) is 28.1 Å². The predicted octanol–water partition coefficient (Wildman–Crippen LogP) is 2.87. The summed E-state index contributed by atoms with van der Waals surface area (Å²) in [5.41, 5.74) is -3.73. The molecule has 4 atom stereocenters. The Hall–Kier alpha value is -2.29. The normalized spacial score (nSPS) is 23.5. The highest BCUT2D eigenvalue weighted by molar-refractivity contribution is 7.87. The van der Waals surface area contributed by atoms with Gasteiger partial charge in [-0.1, -0.05) is 20.8 Å². The molecule has 1 aliphatic carbocycles. The molecule has 0 spiro atoms. The second kappa shape index (κ2) is 16.5. The van der Waals surface area contributed by atoms with E-state index in [4.69, 9.17) is 23.1 Å². The molecule has 1 aliphatic heterocycles. The standard InChI is InChI=1S/C31H53NO12S/c1-8-30(5,26(35)32-20-44-45(38,39)24-11-9-21(2)10-12-24)15-22(25(34)41-14-13-33)16-31(6,28(37)40-7)19-29(3,4)27(36)43-18-23-17-42-23/h21-24,33H,8-20H2,1-7H3,(H,32,35). The quantitative estimate of drug-likeness (QED) is 0.0678. The highest BCUT2D eigenvalue weighted by Gasteiger charge is 2.48. The lowest BCUT2D eigenvalue weighted by molar-refractivity contribution is -0.164. The molecule has 0 aromatic rings. The molecule has 2 aliphatic rings. The summed E-state index contributed by atoms with van der Waals surface area (Å²) in [5, 5.41) is 11.2. The van der Waals surface area contributed by atoms with Gasteiger partial charge in [0.15, 0.2) is 0 Å². The maximum Gasteiger partial charge on any atom is 0.311 e. The van der Waals surface area contributed by atoms with Crippen molar-refractivity contribution in [1.82, 2.24) is 5.32 Å². The van der Waals surface area contributed by atoms with Crippen LogP contribution in [-0.2, 0) is 52.4 Å². The molecular formula is C31H53NO12S. The first-order valence-corrected chi connectivity index (χ1v) is 17.2. The molecule has 13 nitrogen and oxygen atoms in total. The molecule has 2 N–H and O–H groups in total. The molecule has 1 heterocycles. The van der Waals surface area contributed by atoms with Gasteiger partial charge in [-0.3, -0.25) is 19.2 Å². The van der Waals surface area contributed by atoms with Gasteiger partial charge in [0.1, 0.15) is 26.0 Å². The molecule has 45 heavy (non-hydrogen) atoms. The predicted molar refractivity (Wildman–Crippen MR) is 163 cm³/mol. The molecule has 1 amide bonds. The van der Waals surface area contributed by atoms with E-state index in [0.717, 1.165) is 12.8 Å². The number of ether oxygens (including phenoxy) is 4. The zero-order chi connectivity index (χ0) is 34.1.